The van der Waals surface area contributed by atoms with Gasteiger partial charge < -0.3 is 5.11 Å². The van der Waals surface area contributed by atoms with E-state index in [2.05, 4.69) is 4.99 Å². The summed E-state index contributed by atoms with van der Waals surface area (Å²) in [6, 6.07) is 0.0751. The van der Waals surface area contributed by atoms with E-state index < -0.39 is 5.97 Å². The summed E-state index contributed by atoms with van der Waals surface area (Å²) in [6.45, 7) is 3.64. The molecule has 8 heavy (non-hydrogen) atoms. The van der Waals surface area contributed by atoms with Crippen LogP contribution in [0.15, 0.2) is 4.99 Å². The molecule has 0 bridgehead atoms. The third-order valence-corrected chi connectivity index (χ3v) is 0.483. The molecule has 3 heteroatoms. The molecule has 0 aromatic rings. The maximum Gasteiger partial charge on any atom is 0.346 e. The van der Waals surface area contributed by atoms with Crippen molar-refractivity contribution < 1.29 is 9.90 Å². The van der Waals surface area contributed by atoms with E-state index in [-0.39, 0.29) is 6.04 Å². The highest BCUT2D eigenvalue weighted by Crippen LogP contribution is 1.81. The highest BCUT2D eigenvalue weighted by Gasteiger charge is 1.87. The van der Waals surface area contributed by atoms with Crippen molar-refractivity contribution in [1.29, 1.82) is 0 Å². The Hall–Kier alpha value is -0.860. The van der Waals surface area contributed by atoms with Crippen molar-refractivity contribution in [2.45, 2.75) is 19.9 Å². The van der Waals surface area contributed by atoms with Gasteiger partial charge in [-0.1, -0.05) is 0 Å². The van der Waals surface area contributed by atoms with Gasteiger partial charge in [-0.25, -0.2) is 4.79 Å². The summed E-state index contributed by atoms with van der Waals surface area (Å²) < 4.78 is 0. The molecule has 0 atom stereocenters. The molecule has 0 aromatic carbocycles. The molecule has 0 radical (unpaired) electrons. The van der Waals surface area contributed by atoms with Gasteiger partial charge in [0.1, 0.15) is 6.21 Å². The SMILES string of the molecule is CC(C)N=CC(=O)O. The summed E-state index contributed by atoms with van der Waals surface area (Å²) in [4.78, 5) is 13.4. The van der Waals surface area contributed by atoms with E-state index in [1.165, 1.54) is 0 Å². The number of carboxylic acid groups (broad SMARTS) is 1. The second kappa shape index (κ2) is 3.18. The summed E-state index contributed by atoms with van der Waals surface area (Å²) >= 11 is 0. The molecule has 46 valence electrons. The van der Waals surface area contributed by atoms with Crippen molar-refractivity contribution in [2.75, 3.05) is 0 Å². The number of nitrogens with zero attached hydrogens (tertiary/aromatic N) is 1. The van der Waals surface area contributed by atoms with Crippen LogP contribution in [0.2, 0.25) is 0 Å². The molecule has 0 amide bonds. The van der Waals surface area contributed by atoms with Crippen molar-refractivity contribution in [3.05, 3.63) is 0 Å². The minimum atomic E-state index is -0.987. The second-order valence-electron chi connectivity index (χ2n) is 1.71. The maximum absolute atomic E-state index is 9.75. The molecule has 0 saturated heterocycles. The summed E-state index contributed by atoms with van der Waals surface area (Å²) in [5.41, 5.74) is 0. The lowest BCUT2D eigenvalue weighted by atomic mass is 10.4. The fourth-order valence-electron chi connectivity index (χ4n) is 0.213. The van der Waals surface area contributed by atoms with Crippen LogP contribution in [0.4, 0.5) is 0 Å². The van der Waals surface area contributed by atoms with Crippen LogP contribution >= 0.6 is 0 Å². The molecule has 0 unspecified atom stereocenters. The van der Waals surface area contributed by atoms with Crippen LogP contribution in [0.3, 0.4) is 0 Å². The van der Waals surface area contributed by atoms with Crippen LogP contribution in [0.5, 0.6) is 0 Å². The zero-order valence-corrected chi connectivity index (χ0v) is 4.96. The lowest BCUT2D eigenvalue weighted by Gasteiger charge is -1.89. The lowest BCUT2D eigenvalue weighted by molar-refractivity contribution is -0.128. The first-order chi connectivity index (χ1) is 3.63. The molecule has 1 N–H and O–H groups in total. The first-order valence-corrected chi connectivity index (χ1v) is 2.39. The number of carbonyl (C=O) groups is 1. The zero-order valence-electron chi connectivity index (χ0n) is 4.96. The number of hydrogen-bond acceptors (Lipinski definition) is 2. The van der Waals surface area contributed by atoms with Gasteiger partial charge in [0, 0.05) is 6.04 Å². The number of carboxylic acids is 1. The van der Waals surface area contributed by atoms with E-state index in [1.54, 1.807) is 0 Å². The Bertz CT molecular complexity index is 107. The summed E-state index contributed by atoms with van der Waals surface area (Å²) in [6.07, 6.45) is 0.907. The van der Waals surface area contributed by atoms with E-state index in [0.717, 1.165) is 6.21 Å². The second-order valence-corrected chi connectivity index (χ2v) is 1.71. The van der Waals surface area contributed by atoms with Crippen LogP contribution < -0.4 is 0 Å². The summed E-state index contributed by atoms with van der Waals surface area (Å²) in [5.74, 6) is -0.987. The van der Waals surface area contributed by atoms with Crippen LogP contribution in [-0.4, -0.2) is 23.3 Å². The Morgan fingerprint density at radius 2 is 2.25 bits per heavy atom. The van der Waals surface area contributed by atoms with E-state index in [0.29, 0.717) is 0 Å². The van der Waals surface area contributed by atoms with Gasteiger partial charge in [0.25, 0.3) is 0 Å². The summed E-state index contributed by atoms with van der Waals surface area (Å²) in [7, 11) is 0. The largest absolute Gasteiger partial charge is 0.477 e. The van der Waals surface area contributed by atoms with Gasteiger partial charge in [0.15, 0.2) is 0 Å². The Balaban J connectivity index is 3.50. The van der Waals surface area contributed by atoms with Gasteiger partial charge in [-0.3, -0.25) is 4.99 Å². The fourth-order valence-corrected chi connectivity index (χ4v) is 0.213. The minimum Gasteiger partial charge on any atom is -0.477 e. The zero-order chi connectivity index (χ0) is 6.57. The molecular weight excluding hydrogens is 106 g/mol. The Labute approximate surface area is 48.1 Å². The highest BCUT2D eigenvalue weighted by atomic mass is 16.4. The third kappa shape index (κ3) is 5.14. The molecular formula is C5H9NO2. The average molecular weight is 115 g/mol. The van der Waals surface area contributed by atoms with Gasteiger partial charge in [-0.2, -0.15) is 0 Å². The lowest BCUT2D eigenvalue weighted by Crippen LogP contribution is -1.98. The molecule has 0 saturated carbocycles. The molecule has 0 aliphatic carbocycles. The van der Waals surface area contributed by atoms with Gasteiger partial charge in [-0.05, 0) is 13.8 Å². The van der Waals surface area contributed by atoms with Crippen molar-refractivity contribution in [3.8, 4) is 0 Å². The molecule has 0 heterocycles. The molecule has 0 aliphatic heterocycles. The van der Waals surface area contributed by atoms with Gasteiger partial charge >= 0.3 is 5.97 Å². The van der Waals surface area contributed by atoms with Gasteiger partial charge in [-0.15, -0.1) is 0 Å². The van der Waals surface area contributed by atoms with E-state index in [1.807, 2.05) is 13.8 Å². The topological polar surface area (TPSA) is 49.7 Å². The maximum atomic E-state index is 9.75. The minimum absolute atomic E-state index is 0.0751. The number of hydrogen-bond donors (Lipinski definition) is 1. The molecule has 0 rings (SSSR count). The van der Waals surface area contributed by atoms with Crippen molar-refractivity contribution >= 4 is 12.2 Å². The Kier molecular flexibility index (Phi) is 2.84. The van der Waals surface area contributed by atoms with Crippen LogP contribution in [0.1, 0.15) is 13.8 Å². The molecule has 0 aromatic heterocycles. The van der Waals surface area contributed by atoms with Crippen LogP contribution in [-0.2, 0) is 4.79 Å². The number of aliphatic carboxylic acids is 1. The van der Waals surface area contributed by atoms with Crippen molar-refractivity contribution in [1.82, 2.24) is 0 Å². The first kappa shape index (κ1) is 7.14. The highest BCUT2D eigenvalue weighted by molar-refractivity contribution is 6.22. The van der Waals surface area contributed by atoms with E-state index in [9.17, 15) is 4.79 Å². The van der Waals surface area contributed by atoms with Crippen LogP contribution in [0, 0.1) is 0 Å². The molecule has 0 fully saturated rings. The monoisotopic (exact) mass is 115 g/mol. The molecule has 0 aliphatic rings. The average Bonchev–Trinajstić information content (AvgIpc) is 1.61. The fraction of sp³-hybridized carbons (Fsp3) is 0.600. The van der Waals surface area contributed by atoms with Gasteiger partial charge in [0.05, 0.1) is 0 Å². The van der Waals surface area contributed by atoms with E-state index >= 15 is 0 Å². The predicted octanol–water partition coefficient (Wildman–Crippen LogP) is 0.550. The Morgan fingerprint density at radius 1 is 1.75 bits per heavy atom. The standard InChI is InChI=1S/C5H9NO2/c1-4(2)6-3-5(7)8/h3-4H,1-2H3,(H,7,8). The van der Waals surface area contributed by atoms with Gasteiger partial charge in [0.2, 0.25) is 0 Å². The van der Waals surface area contributed by atoms with Crippen molar-refractivity contribution in [2.24, 2.45) is 4.99 Å². The summed E-state index contributed by atoms with van der Waals surface area (Å²) in [5, 5.41) is 8.01. The van der Waals surface area contributed by atoms with Crippen LogP contribution in [0.25, 0.3) is 0 Å². The Morgan fingerprint density at radius 3 is 2.38 bits per heavy atom. The third-order valence-electron chi connectivity index (χ3n) is 0.483. The molecule has 3 nitrogen and oxygen atoms in total. The smallest absolute Gasteiger partial charge is 0.346 e. The quantitative estimate of drug-likeness (QED) is 0.534. The number of rotatable bonds is 2. The normalized spacial score (nSPS) is 10.9. The van der Waals surface area contributed by atoms with Crippen molar-refractivity contribution in [3.63, 3.8) is 0 Å². The first-order valence-electron chi connectivity index (χ1n) is 2.39. The van der Waals surface area contributed by atoms with E-state index in [4.69, 9.17) is 5.11 Å². The number of aliphatic imine (C=N–C) groups is 1. The predicted molar refractivity (Wildman–Crippen MR) is 31.3 cm³/mol. The molecule has 0 spiro atoms.